The molecule has 1 unspecified atom stereocenters. The Labute approximate surface area is 119 Å². The summed E-state index contributed by atoms with van der Waals surface area (Å²) in [7, 11) is -1.45. The molecule has 1 aliphatic rings. The van der Waals surface area contributed by atoms with E-state index in [1.54, 1.807) is 22.5 Å². The molecule has 0 aliphatic carbocycles. The lowest BCUT2D eigenvalue weighted by Crippen LogP contribution is -2.41. The standard InChI is InChI=1S/C13H19ClN2O2S/c1-15-9-12-6-4-8-16(12)19(17,18)10-11-5-2-3-7-13(11)14/h2-3,5,7,12,15H,4,6,8-10H2,1H3. The Balaban J connectivity index is 2.16. The predicted octanol–water partition coefficient (Wildman–Crippen LogP) is 1.85. The number of rotatable bonds is 5. The van der Waals surface area contributed by atoms with Gasteiger partial charge in [0.1, 0.15) is 0 Å². The number of benzene rings is 1. The maximum absolute atomic E-state index is 12.5. The molecule has 0 aromatic heterocycles. The summed E-state index contributed by atoms with van der Waals surface area (Å²) in [5.41, 5.74) is 0.666. The number of halogens is 1. The quantitative estimate of drug-likeness (QED) is 0.903. The van der Waals surface area contributed by atoms with Crippen molar-refractivity contribution < 1.29 is 8.42 Å². The minimum Gasteiger partial charge on any atom is -0.318 e. The van der Waals surface area contributed by atoms with Gasteiger partial charge in [-0.2, -0.15) is 4.31 Å². The van der Waals surface area contributed by atoms with E-state index in [0.29, 0.717) is 23.7 Å². The topological polar surface area (TPSA) is 49.4 Å². The molecule has 0 spiro atoms. The molecule has 6 heteroatoms. The average Bonchev–Trinajstić information content (AvgIpc) is 2.81. The van der Waals surface area contributed by atoms with Crippen molar-refractivity contribution in [1.82, 2.24) is 9.62 Å². The highest BCUT2D eigenvalue weighted by molar-refractivity contribution is 7.88. The van der Waals surface area contributed by atoms with Crippen molar-refractivity contribution in [1.29, 1.82) is 0 Å². The first-order valence-corrected chi connectivity index (χ1v) is 8.41. The molecule has 0 radical (unpaired) electrons. The van der Waals surface area contributed by atoms with Crippen molar-refractivity contribution in [3.05, 3.63) is 34.9 Å². The van der Waals surface area contributed by atoms with Gasteiger partial charge in [0.05, 0.1) is 5.75 Å². The summed E-state index contributed by atoms with van der Waals surface area (Å²) in [6.45, 7) is 1.31. The molecular weight excluding hydrogens is 284 g/mol. The van der Waals surface area contributed by atoms with E-state index in [1.807, 2.05) is 13.1 Å². The summed E-state index contributed by atoms with van der Waals surface area (Å²) in [6.07, 6.45) is 1.84. The monoisotopic (exact) mass is 302 g/mol. The van der Waals surface area contributed by atoms with E-state index in [9.17, 15) is 8.42 Å². The van der Waals surface area contributed by atoms with Crippen molar-refractivity contribution in [3.8, 4) is 0 Å². The molecule has 1 aromatic rings. The van der Waals surface area contributed by atoms with Crippen LogP contribution in [0.3, 0.4) is 0 Å². The Morgan fingerprint density at radius 3 is 2.84 bits per heavy atom. The van der Waals surface area contributed by atoms with Crippen LogP contribution in [-0.2, 0) is 15.8 Å². The molecular formula is C13H19ClN2O2S. The van der Waals surface area contributed by atoms with Crippen molar-refractivity contribution in [2.45, 2.75) is 24.6 Å². The van der Waals surface area contributed by atoms with Gasteiger partial charge in [0.25, 0.3) is 0 Å². The zero-order chi connectivity index (χ0) is 13.9. The second-order valence-electron chi connectivity index (χ2n) is 4.81. The van der Waals surface area contributed by atoms with Crippen LogP contribution in [0.1, 0.15) is 18.4 Å². The van der Waals surface area contributed by atoms with Gasteiger partial charge in [0, 0.05) is 24.2 Å². The first-order valence-electron chi connectivity index (χ1n) is 6.42. The normalized spacial score (nSPS) is 20.8. The third-order valence-electron chi connectivity index (χ3n) is 3.42. The van der Waals surface area contributed by atoms with Gasteiger partial charge in [-0.1, -0.05) is 29.8 Å². The van der Waals surface area contributed by atoms with E-state index in [1.165, 1.54) is 0 Å². The number of likely N-dealkylation sites (N-methyl/N-ethyl adjacent to an activating group) is 1. The summed E-state index contributed by atoms with van der Waals surface area (Å²) >= 11 is 6.04. The average molecular weight is 303 g/mol. The van der Waals surface area contributed by atoms with Crippen LogP contribution >= 0.6 is 11.6 Å². The van der Waals surface area contributed by atoms with Crippen LogP contribution in [0.5, 0.6) is 0 Å². The third kappa shape index (κ3) is 3.48. The van der Waals surface area contributed by atoms with Crippen molar-refractivity contribution >= 4 is 21.6 Å². The highest BCUT2D eigenvalue weighted by atomic mass is 35.5. The number of nitrogens with zero attached hydrogens (tertiary/aromatic N) is 1. The van der Waals surface area contributed by atoms with Crippen molar-refractivity contribution in [2.24, 2.45) is 0 Å². The van der Waals surface area contributed by atoms with Crippen LogP contribution in [0, 0.1) is 0 Å². The van der Waals surface area contributed by atoms with Crippen LogP contribution in [0.4, 0.5) is 0 Å². The van der Waals surface area contributed by atoms with Crippen LogP contribution in [-0.4, -0.2) is 38.9 Å². The summed E-state index contributed by atoms with van der Waals surface area (Å²) in [6, 6.07) is 7.17. The predicted molar refractivity (Wildman–Crippen MR) is 77.7 cm³/mol. The van der Waals surface area contributed by atoms with Crippen LogP contribution in [0.15, 0.2) is 24.3 Å². The van der Waals surface area contributed by atoms with Crippen LogP contribution in [0.2, 0.25) is 5.02 Å². The van der Waals surface area contributed by atoms with Gasteiger partial charge in [-0.05, 0) is 31.5 Å². The van der Waals surface area contributed by atoms with Gasteiger partial charge in [0.2, 0.25) is 10.0 Å². The van der Waals surface area contributed by atoms with Gasteiger partial charge in [-0.3, -0.25) is 0 Å². The third-order valence-corrected chi connectivity index (χ3v) is 5.66. The summed E-state index contributed by atoms with van der Waals surface area (Å²) in [5, 5.41) is 3.56. The zero-order valence-corrected chi connectivity index (χ0v) is 12.5. The number of hydrogen-bond donors (Lipinski definition) is 1. The van der Waals surface area contributed by atoms with E-state index in [4.69, 9.17) is 11.6 Å². The molecule has 1 N–H and O–H groups in total. The summed E-state index contributed by atoms with van der Waals surface area (Å²) < 4.78 is 26.6. The molecule has 1 saturated heterocycles. The number of sulfonamides is 1. The second-order valence-corrected chi connectivity index (χ2v) is 7.14. The Kier molecular flexibility index (Phi) is 4.84. The lowest BCUT2D eigenvalue weighted by Gasteiger charge is -2.24. The summed E-state index contributed by atoms with van der Waals surface area (Å²) in [5.74, 6) is -0.0209. The zero-order valence-electron chi connectivity index (χ0n) is 11.0. The Hall–Kier alpha value is -0.620. The fourth-order valence-electron chi connectivity index (χ4n) is 2.51. The molecule has 1 aromatic carbocycles. The fraction of sp³-hybridized carbons (Fsp3) is 0.538. The smallest absolute Gasteiger partial charge is 0.218 e. The molecule has 4 nitrogen and oxygen atoms in total. The van der Waals surface area contributed by atoms with Gasteiger partial charge >= 0.3 is 0 Å². The molecule has 1 heterocycles. The van der Waals surface area contributed by atoms with E-state index in [-0.39, 0.29) is 11.8 Å². The molecule has 0 amide bonds. The maximum Gasteiger partial charge on any atom is 0.218 e. The highest BCUT2D eigenvalue weighted by Crippen LogP contribution is 2.25. The number of nitrogens with one attached hydrogen (secondary N) is 1. The van der Waals surface area contributed by atoms with E-state index >= 15 is 0 Å². The maximum atomic E-state index is 12.5. The Bertz CT molecular complexity index is 533. The molecule has 106 valence electrons. The Morgan fingerprint density at radius 2 is 2.16 bits per heavy atom. The molecule has 0 saturated carbocycles. The van der Waals surface area contributed by atoms with Gasteiger partial charge < -0.3 is 5.32 Å². The fourth-order valence-corrected chi connectivity index (χ4v) is 4.64. The lowest BCUT2D eigenvalue weighted by molar-refractivity contribution is 0.378. The van der Waals surface area contributed by atoms with Crippen LogP contribution in [0.25, 0.3) is 0 Å². The minimum absolute atomic E-state index is 0.0209. The van der Waals surface area contributed by atoms with E-state index in [0.717, 1.165) is 12.8 Å². The molecule has 1 atom stereocenters. The van der Waals surface area contributed by atoms with E-state index < -0.39 is 10.0 Å². The van der Waals surface area contributed by atoms with Crippen LogP contribution < -0.4 is 5.32 Å². The largest absolute Gasteiger partial charge is 0.318 e. The lowest BCUT2D eigenvalue weighted by atomic mass is 10.2. The first kappa shape index (κ1) is 14.8. The second kappa shape index (κ2) is 6.22. The first-order chi connectivity index (χ1) is 9.04. The van der Waals surface area contributed by atoms with Gasteiger partial charge in [-0.15, -0.1) is 0 Å². The molecule has 1 fully saturated rings. The summed E-state index contributed by atoms with van der Waals surface area (Å²) in [4.78, 5) is 0. The van der Waals surface area contributed by atoms with Crippen molar-refractivity contribution in [3.63, 3.8) is 0 Å². The highest BCUT2D eigenvalue weighted by Gasteiger charge is 2.33. The number of hydrogen-bond acceptors (Lipinski definition) is 3. The molecule has 0 bridgehead atoms. The van der Waals surface area contributed by atoms with Crippen molar-refractivity contribution in [2.75, 3.05) is 20.1 Å². The molecule has 19 heavy (non-hydrogen) atoms. The van der Waals surface area contributed by atoms with E-state index in [2.05, 4.69) is 5.32 Å². The van der Waals surface area contributed by atoms with Gasteiger partial charge in [-0.25, -0.2) is 8.42 Å². The molecule has 2 rings (SSSR count). The molecule has 1 aliphatic heterocycles. The SMILES string of the molecule is CNCC1CCCN1S(=O)(=O)Cc1ccccc1Cl. The minimum atomic E-state index is -3.30. The Morgan fingerprint density at radius 1 is 1.42 bits per heavy atom. The van der Waals surface area contributed by atoms with Gasteiger partial charge in [0.15, 0.2) is 0 Å².